The maximum absolute atomic E-state index is 11.9. The molecule has 1 aliphatic rings. The van der Waals surface area contributed by atoms with Crippen molar-refractivity contribution in [2.75, 3.05) is 32.3 Å². The van der Waals surface area contributed by atoms with Crippen molar-refractivity contribution >= 4 is 15.7 Å². The molecule has 0 aliphatic heterocycles. The van der Waals surface area contributed by atoms with Gasteiger partial charge in [0.1, 0.15) is 5.75 Å². The molecule has 0 heterocycles. The molecule has 5 nitrogen and oxygen atoms in total. The Balaban J connectivity index is 2.48. The van der Waals surface area contributed by atoms with Gasteiger partial charge in [-0.3, -0.25) is 4.79 Å². The number of ether oxygens (including phenoxy) is 1. The van der Waals surface area contributed by atoms with Gasteiger partial charge in [-0.1, -0.05) is 19.3 Å². The molecule has 106 valence electrons. The minimum Gasteiger partial charge on any atom is -0.384 e. The smallest absolute Gasteiger partial charge is 0.237 e. The first-order valence-electron chi connectivity index (χ1n) is 6.41. The average molecular weight is 277 g/mol. The van der Waals surface area contributed by atoms with Crippen molar-refractivity contribution in [3.63, 3.8) is 0 Å². The topological polar surface area (TPSA) is 63.7 Å². The van der Waals surface area contributed by atoms with Crippen LogP contribution < -0.4 is 0 Å². The van der Waals surface area contributed by atoms with Crippen LogP contribution in [-0.4, -0.2) is 57.5 Å². The standard InChI is InChI=1S/C12H23NO4S/c1-13(11-6-4-3-5-7-11)12(14)10-18(15,16)9-8-17-2/h11H,3-10H2,1-2H3. The van der Waals surface area contributed by atoms with Crippen LogP contribution >= 0.6 is 0 Å². The summed E-state index contributed by atoms with van der Waals surface area (Å²) in [7, 11) is -0.180. The van der Waals surface area contributed by atoms with Crippen LogP contribution in [0.25, 0.3) is 0 Å². The highest BCUT2D eigenvalue weighted by Gasteiger charge is 2.25. The Kier molecular flexibility index (Phi) is 6.08. The number of hydrogen-bond acceptors (Lipinski definition) is 4. The Hall–Kier alpha value is -0.620. The zero-order chi connectivity index (χ0) is 13.6. The van der Waals surface area contributed by atoms with Crippen LogP contribution in [0, 0.1) is 0 Å². The highest BCUT2D eigenvalue weighted by Crippen LogP contribution is 2.21. The molecule has 0 N–H and O–H groups in total. The summed E-state index contributed by atoms with van der Waals surface area (Å²) in [5.41, 5.74) is 0. The van der Waals surface area contributed by atoms with Crippen molar-refractivity contribution in [3.8, 4) is 0 Å². The lowest BCUT2D eigenvalue weighted by atomic mass is 9.94. The summed E-state index contributed by atoms with van der Waals surface area (Å²) < 4.78 is 28.1. The van der Waals surface area contributed by atoms with E-state index in [1.165, 1.54) is 13.5 Å². The molecule has 0 unspecified atom stereocenters. The fourth-order valence-electron chi connectivity index (χ4n) is 2.24. The van der Waals surface area contributed by atoms with Crippen LogP contribution in [0.3, 0.4) is 0 Å². The predicted octanol–water partition coefficient (Wildman–Crippen LogP) is 0.839. The molecular formula is C12H23NO4S. The second-order valence-corrected chi connectivity index (χ2v) is 7.07. The molecule has 1 amide bonds. The normalized spacial score (nSPS) is 17.7. The lowest BCUT2D eigenvalue weighted by Crippen LogP contribution is -2.41. The van der Waals surface area contributed by atoms with Crippen molar-refractivity contribution < 1.29 is 17.9 Å². The first-order valence-corrected chi connectivity index (χ1v) is 8.23. The zero-order valence-corrected chi connectivity index (χ0v) is 12.0. The van der Waals surface area contributed by atoms with E-state index in [0.717, 1.165) is 25.7 Å². The van der Waals surface area contributed by atoms with Gasteiger partial charge in [0.2, 0.25) is 5.91 Å². The van der Waals surface area contributed by atoms with Gasteiger partial charge in [0.25, 0.3) is 0 Å². The molecule has 0 aromatic rings. The number of carbonyl (C=O) groups is 1. The van der Waals surface area contributed by atoms with Gasteiger partial charge in [-0.05, 0) is 12.8 Å². The van der Waals surface area contributed by atoms with Crippen molar-refractivity contribution in [3.05, 3.63) is 0 Å². The van der Waals surface area contributed by atoms with E-state index in [-0.39, 0.29) is 24.3 Å². The van der Waals surface area contributed by atoms with E-state index < -0.39 is 15.6 Å². The summed E-state index contributed by atoms with van der Waals surface area (Å²) in [6, 6.07) is 0.212. The SMILES string of the molecule is COCCS(=O)(=O)CC(=O)N(C)C1CCCCC1. The summed E-state index contributed by atoms with van der Waals surface area (Å²) in [4.78, 5) is 13.5. The van der Waals surface area contributed by atoms with Crippen molar-refractivity contribution in [2.24, 2.45) is 0 Å². The molecule has 0 aromatic heterocycles. The summed E-state index contributed by atoms with van der Waals surface area (Å²) in [6.45, 7) is 0.142. The van der Waals surface area contributed by atoms with Crippen molar-refractivity contribution in [2.45, 2.75) is 38.1 Å². The quantitative estimate of drug-likeness (QED) is 0.721. The highest BCUT2D eigenvalue weighted by atomic mass is 32.2. The van der Waals surface area contributed by atoms with Gasteiger partial charge in [0, 0.05) is 20.2 Å². The van der Waals surface area contributed by atoms with E-state index in [4.69, 9.17) is 4.74 Å². The minimum absolute atomic E-state index is 0.0895. The molecular weight excluding hydrogens is 254 g/mol. The van der Waals surface area contributed by atoms with Crippen molar-refractivity contribution in [1.82, 2.24) is 4.90 Å². The number of rotatable bonds is 6. The second-order valence-electron chi connectivity index (χ2n) is 4.88. The fourth-order valence-corrected chi connectivity index (χ4v) is 3.39. The summed E-state index contributed by atoms with van der Waals surface area (Å²) in [5.74, 6) is -0.782. The Morgan fingerprint density at radius 1 is 1.28 bits per heavy atom. The maximum Gasteiger partial charge on any atom is 0.237 e. The third-order valence-corrected chi connectivity index (χ3v) is 4.93. The zero-order valence-electron chi connectivity index (χ0n) is 11.2. The number of nitrogens with zero attached hydrogens (tertiary/aromatic N) is 1. The summed E-state index contributed by atoms with van der Waals surface area (Å²) >= 11 is 0. The van der Waals surface area contributed by atoms with E-state index in [1.54, 1.807) is 11.9 Å². The van der Waals surface area contributed by atoms with Gasteiger partial charge in [0.05, 0.1) is 12.4 Å². The Morgan fingerprint density at radius 3 is 2.44 bits per heavy atom. The Labute approximate surface area is 109 Å². The molecule has 18 heavy (non-hydrogen) atoms. The third kappa shape index (κ3) is 4.94. The van der Waals surface area contributed by atoms with Crippen LogP contribution in [0.4, 0.5) is 0 Å². The van der Waals surface area contributed by atoms with Gasteiger partial charge in [0.15, 0.2) is 9.84 Å². The first kappa shape index (κ1) is 15.4. The van der Waals surface area contributed by atoms with Crippen LogP contribution in [0.15, 0.2) is 0 Å². The van der Waals surface area contributed by atoms with Crippen LogP contribution in [-0.2, 0) is 19.4 Å². The minimum atomic E-state index is -3.34. The van der Waals surface area contributed by atoms with E-state index in [1.807, 2.05) is 0 Å². The lowest BCUT2D eigenvalue weighted by Gasteiger charge is -2.31. The molecule has 0 bridgehead atoms. The number of sulfone groups is 1. The van der Waals surface area contributed by atoms with Gasteiger partial charge in [-0.15, -0.1) is 0 Å². The molecule has 0 saturated heterocycles. The van der Waals surface area contributed by atoms with E-state index in [2.05, 4.69) is 0 Å². The average Bonchev–Trinajstić information content (AvgIpc) is 2.36. The molecule has 1 aliphatic carbocycles. The molecule has 0 atom stereocenters. The van der Waals surface area contributed by atoms with Crippen molar-refractivity contribution in [1.29, 1.82) is 0 Å². The maximum atomic E-state index is 11.9. The van der Waals surface area contributed by atoms with Crippen LogP contribution in [0.2, 0.25) is 0 Å². The number of amides is 1. The molecule has 0 spiro atoms. The number of methoxy groups -OCH3 is 1. The summed E-state index contributed by atoms with van der Waals surface area (Å²) in [6.07, 6.45) is 5.43. The molecule has 1 fully saturated rings. The molecule has 0 radical (unpaired) electrons. The Morgan fingerprint density at radius 2 is 1.89 bits per heavy atom. The monoisotopic (exact) mass is 277 g/mol. The largest absolute Gasteiger partial charge is 0.384 e. The second kappa shape index (κ2) is 7.09. The molecule has 6 heteroatoms. The van der Waals surface area contributed by atoms with Crippen LogP contribution in [0.5, 0.6) is 0 Å². The predicted molar refractivity (Wildman–Crippen MR) is 70.2 cm³/mol. The lowest BCUT2D eigenvalue weighted by molar-refractivity contribution is -0.129. The number of carbonyl (C=O) groups excluding carboxylic acids is 1. The third-order valence-electron chi connectivity index (χ3n) is 3.46. The van der Waals surface area contributed by atoms with Crippen LogP contribution in [0.1, 0.15) is 32.1 Å². The van der Waals surface area contributed by atoms with E-state index in [0.29, 0.717) is 0 Å². The molecule has 1 saturated carbocycles. The van der Waals surface area contributed by atoms with E-state index >= 15 is 0 Å². The molecule has 0 aromatic carbocycles. The Bertz CT molecular complexity index is 360. The fraction of sp³-hybridized carbons (Fsp3) is 0.917. The number of hydrogen-bond donors (Lipinski definition) is 0. The van der Waals surface area contributed by atoms with Gasteiger partial charge in [-0.2, -0.15) is 0 Å². The van der Waals surface area contributed by atoms with Gasteiger partial charge in [-0.25, -0.2) is 8.42 Å². The summed E-state index contributed by atoms with van der Waals surface area (Å²) in [5, 5.41) is 0. The van der Waals surface area contributed by atoms with E-state index in [9.17, 15) is 13.2 Å². The first-order chi connectivity index (χ1) is 8.46. The van der Waals surface area contributed by atoms with Gasteiger partial charge >= 0.3 is 0 Å². The molecule has 1 rings (SSSR count). The van der Waals surface area contributed by atoms with Gasteiger partial charge < -0.3 is 9.64 Å². The highest BCUT2D eigenvalue weighted by molar-refractivity contribution is 7.92.